The summed E-state index contributed by atoms with van der Waals surface area (Å²) in [6, 6.07) is 15.9. The number of rotatable bonds is 6. The monoisotopic (exact) mass is 396 g/mol. The normalized spacial score (nSPS) is 22.8. The van der Waals surface area contributed by atoms with Crippen LogP contribution < -0.4 is 5.32 Å². The maximum absolute atomic E-state index is 12.9. The number of benzene rings is 2. The molecule has 2 N–H and O–H groups in total. The molecule has 4 rings (SSSR count). The minimum absolute atomic E-state index is 0.0314. The van der Waals surface area contributed by atoms with Crippen molar-refractivity contribution in [3.05, 3.63) is 65.2 Å². The van der Waals surface area contributed by atoms with Crippen LogP contribution in [0, 0.1) is 5.92 Å². The number of aliphatic hydroxyl groups is 1. The Morgan fingerprint density at radius 3 is 2.34 bits per heavy atom. The Morgan fingerprint density at radius 2 is 1.69 bits per heavy atom. The number of nitrogens with zero attached hydrogens (tertiary/aromatic N) is 1. The molecule has 0 aromatic heterocycles. The van der Waals surface area contributed by atoms with Crippen molar-refractivity contribution in [1.29, 1.82) is 0 Å². The number of anilines is 1. The molecule has 1 heterocycles. The number of piperidine rings is 1. The van der Waals surface area contributed by atoms with Gasteiger partial charge in [0.1, 0.15) is 6.67 Å². The summed E-state index contributed by atoms with van der Waals surface area (Å²) in [5, 5.41) is 13.6. The van der Waals surface area contributed by atoms with Crippen molar-refractivity contribution >= 4 is 11.5 Å². The average Bonchev–Trinajstić information content (AvgIpc) is 2.77. The first kappa shape index (κ1) is 20.0. The minimum atomic E-state index is -0.416. The summed E-state index contributed by atoms with van der Waals surface area (Å²) in [6.07, 6.45) is 2.89. The fraction of sp³-hybridized carbons (Fsp3) is 0.458. The lowest BCUT2D eigenvalue weighted by Crippen LogP contribution is -2.51. The number of carbonyl (C=O) groups excluding carboxylic acids is 1. The molecule has 4 nitrogen and oxygen atoms in total. The standard InChI is InChI=1S/C24H29FN2O2/c25-11-12-26-21-7-5-17(6-8-21)24(29)18-9-13-27(14-10-18)22-15-19-3-1-2-4-20(19)16-23(22)28/h1-8,18,22-23,26,28H,9-16H2. The van der Waals surface area contributed by atoms with E-state index in [2.05, 4.69) is 28.4 Å². The number of Topliss-reactive ketones (excluding diaryl/α,β-unsaturated/α-hetero) is 1. The van der Waals surface area contributed by atoms with E-state index in [0.717, 1.165) is 43.6 Å². The molecule has 1 fully saturated rings. The summed E-state index contributed by atoms with van der Waals surface area (Å²) in [4.78, 5) is 15.3. The molecule has 1 aliphatic heterocycles. The molecular formula is C24H29FN2O2. The van der Waals surface area contributed by atoms with Gasteiger partial charge in [-0.3, -0.25) is 9.69 Å². The van der Waals surface area contributed by atoms with Gasteiger partial charge in [0.2, 0.25) is 0 Å². The van der Waals surface area contributed by atoms with Gasteiger partial charge in [-0.15, -0.1) is 0 Å². The number of alkyl halides is 1. The second kappa shape index (κ2) is 9.06. The number of hydrogen-bond donors (Lipinski definition) is 2. The fourth-order valence-electron chi connectivity index (χ4n) is 4.72. The van der Waals surface area contributed by atoms with Gasteiger partial charge >= 0.3 is 0 Å². The number of hydrogen-bond acceptors (Lipinski definition) is 4. The second-order valence-corrected chi connectivity index (χ2v) is 8.18. The molecule has 1 saturated heterocycles. The summed E-state index contributed by atoms with van der Waals surface area (Å²) >= 11 is 0. The van der Waals surface area contributed by atoms with Crippen LogP contribution in [-0.2, 0) is 12.8 Å². The maximum Gasteiger partial charge on any atom is 0.166 e. The summed E-state index contributed by atoms with van der Waals surface area (Å²) in [7, 11) is 0. The first-order valence-corrected chi connectivity index (χ1v) is 10.6. The highest BCUT2D eigenvalue weighted by Gasteiger charge is 2.35. The Bertz CT molecular complexity index is 831. The number of carbonyl (C=O) groups is 1. The van der Waals surface area contributed by atoms with Crippen LogP contribution in [0.5, 0.6) is 0 Å². The molecule has 0 radical (unpaired) electrons. The van der Waals surface area contributed by atoms with Crippen molar-refractivity contribution in [1.82, 2.24) is 4.90 Å². The number of nitrogens with one attached hydrogen (secondary N) is 1. The predicted octanol–water partition coefficient (Wildman–Crippen LogP) is 3.49. The second-order valence-electron chi connectivity index (χ2n) is 8.18. The van der Waals surface area contributed by atoms with Crippen molar-refractivity contribution in [3.63, 3.8) is 0 Å². The van der Waals surface area contributed by atoms with E-state index in [1.807, 2.05) is 30.3 Å². The minimum Gasteiger partial charge on any atom is -0.391 e. The van der Waals surface area contributed by atoms with Gasteiger partial charge < -0.3 is 10.4 Å². The van der Waals surface area contributed by atoms with Gasteiger partial charge in [-0.25, -0.2) is 4.39 Å². The van der Waals surface area contributed by atoms with Crippen LogP contribution in [0.3, 0.4) is 0 Å². The first-order chi connectivity index (χ1) is 14.2. The van der Waals surface area contributed by atoms with Crippen molar-refractivity contribution < 1.29 is 14.3 Å². The molecule has 0 bridgehead atoms. The first-order valence-electron chi connectivity index (χ1n) is 10.6. The highest BCUT2D eigenvalue weighted by molar-refractivity contribution is 5.98. The molecular weight excluding hydrogens is 367 g/mol. The average molecular weight is 397 g/mol. The van der Waals surface area contributed by atoms with Crippen molar-refractivity contribution in [2.24, 2.45) is 5.92 Å². The van der Waals surface area contributed by atoms with E-state index in [1.165, 1.54) is 11.1 Å². The van der Waals surface area contributed by atoms with Crippen molar-refractivity contribution in [2.75, 3.05) is 31.6 Å². The lowest BCUT2D eigenvalue weighted by molar-refractivity contribution is 0.0239. The fourth-order valence-corrected chi connectivity index (χ4v) is 4.72. The van der Waals surface area contributed by atoms with Crippen LogP contribution in [0.1, 0.15) is 34.3 Å². The van der Waals surface area contributed by atoms with Gasteiger partial charge in [0.05, 0.1) is 6.10 Å². The molecule has 0 spiro atoms. The third-order valence-electron chi connectivity index (χ3n) is 6.38. The number of ketones is 1. The number of fused-ring (bicyclic) bond motifs is 1. The maximum atomic E-state index is 12.9. The van der Waals surface area contributed by atoms with Gasteiger partial charge in [-0.1, -0.05) is 24.3 Å². The highest BCUT2D eigenvalue weighted by atomic mass is 19.1. The van der Waals surface area contributed by atoms with E-state index < -0.39 is 6.67 Å². The molecule has 2 aromatic rings. The number of likely N-dealkylation sites (tertiary alicyclic amines) is 1. The lowest BCUT2D eigenvalue weighted by atomic mass is 9.83. The number of aliphatic hydroxyl groups excluding tert-OH is 1. The molecule has 2 aromatic carbocycles. The lowest BCUT2D eigenvalue weighted by Gasteiger charge is -2.41. The predicted molar refractivity (Wildman–Crippen MR) is 113 cm³/mol. The zero-order chi connectivity index (χ0) is 20.2. The highest BCUT2D eigenvalue weighted by Crippen LogP contribution is 2.29. The quantitative estimate of drug-likeness (QED) is 0.734. The SMILES string of the molecule is O=C(c1ccc(NCCF)cc1)C1CCN(C2Cc3ccccc3CC2O)CC1. The molecule has 29 heavy (non-hydrogen) atoms. The Balaban J connectivity index is 1.34. The van der Waals surface area contributed by atoms with Gasteiger partial charge in [0, 0.05) is 36.2 Å². The Hall–Kier alpha value is -2.24. The van der Waals surface area contributed by atoms with Gasteiger partial charge in [-0.2, -0.15) is 0 Å². The number of halogens is 1. The summed E-state index contributed by atoms with van der Waals surface area (Å²) in [6.45, 7) is 1.55. The van der Waals surface area contributed by atoms with E-state index in [9.17, 15) is 14.3 Å². The Morgan fingerprint density at radius 1 is 1.03 bits per heavy atom. The largest absolute Gasteiger partial charge is 0.391 e. The smallest absolute Gasteiger partial charge is 0.166 e. The third-order valence-corrected chi connectivity index (χ3v) is 6.38. The molecule has 154 valence electrons. The van der Waals surface area contributed by atoms with Crippen LogP contribution in [0.2, 0.25) is 0 Å². The Labute approximate surface area is 171 Å². The summed E-state index contributed by atoms with van der Waals surface area (Å²) < 4.78 is 12.3. The van der Waals surface area contributed by atoms with E-state index in [0.29, 0.717) is 6.42 Å². The molecule has 2 aliphatic rings. The summed E-state index contributed by atoms with van der Waals surface area (Å²) in [5.74, 6) is 0.222. The topological polar surface area (TPSA) is 52.6 Å². The van der Waals surface area contributed by atoms with Crippen LogP contribution in [-0.4, -0.2) is 54.2 Å². The van der Waals surface area contributed by atoms with E-state index >= 15 is 0 Å². The third kappa shape index (κ3) is 4.51. The molecule has 2 atom stereocenters. The summed E-state index contributed by atoms with van der Waals surface area (Å²) in [5.41, 5.74) is 4.15. The molecule has 5 heteroatoms. The Kier molecular flexibility index (Phi) is 6.26. The molecule has 1 aliphatic carbocycles. The van der Waals surface area contributed by atoms with Crippen LogP contribution in [0.15, 0.2) is 48.5 Å². The van der Waals surface area contributed by atoms with Crippen molar-refractivity contribution in [3.8, 4) is 0 Å². The van der Waals surface area contributed by atoms with Gasteiger partial charge in [-0.05, 0) is 67.7 Å². The van der Waals surface area contributed by atoms with Gasteiger partial charge in [0.25, 0.3) is 0 Å². The molecule has 0 amide bonds. The van der Waals surface area contributed by atoms with Gasteiger partial charge in [0.15, 0.2) is 5.78 Å². The molecule has 0 saturated carbocycles. The van der Waals surface area contributed by atoms with Crippen LogP contribution >= 0.6 is 0 Å². The van der Waals surface area contributed by atoms with Crippen LogP contribution in [0.4, 0.5) is 10.1 Å². The van der Waals surface area contributed by atoms with Crippen molar-refractivity contribution in [2.45, 2.75) is 37.8 Å². The zero-order valence-corrected chi connectivity index (χ0v) is 16.7. The zero-order valence-electron chi connectivity index (χ0n) is 16.7. The van der Waals surface area contributed by atoms with E-state index in [4.69, 9.17) is 0 Å². The van der Waals surface area contributed by atoms with E-state index in [-0.39, 0.29) is 30.4 Å². The van der Waals surface area contributed by atoms with E-state index in [1.54, 1.807) is 0 Å². The molecule has 2 unspecified atom stereocenters. The van der Waals surface area contributed by atoms with Crippen LogP contribution in [0.25, 0.3) is 0 Å².